The molecule has 0 rings (SSSR count). The van der Waals surface area contributed by atoms with Crippen LogP contribution in [-0.4, -0.2) is 39.5 Å². The lowest BCUT2D eigenvalue weighted by Gasteiger charge is -2.14. The number of methoxy groups -OCH3 is 2. The van der Waals surface area contributed by atoms with Gasteiger partial charge in [0, 0.05) is 20.6 Å². The van der Waals surface area contributed by atoms with E-state index in [1.54, 1.807) is 14.2 Å². The lowest BCUT2D eigenvalue weighted by Crippen LogP contribution is -2.25. The van der Waals surface area contributed by atoms with E-state index in [0.717, 1.165) is 18.8 Å². The van der Waals surface area contributed by atoms with Crippen LogP contribution in [-0.2, 0) is 19.0 Å². The topological polar surface area (TPSA) is 44.8 Å². The number of unbranched alkanes of at least 4 members (excludes halogenated alkanes) is 8. The van der Waals surface area contributed by atoms with Crippen molar-refractivity contribution >= 4 is 5.97 Å². The number of hydrogen-bond donors (Lipinski definition) is 0. The molecular formula is C21H42O4. The second kappa shape index (κ2) is 18.2. The summed E-state index contributed by atoms with van der Waals surface area (Å²) in [5.74, 6) is 0.770. The molecular weight excluding hydrogens is 316 g/mol. The summed E-state index contributed by atoms with van der Waals surface area (Å²) in [5, 5.41) is 0. The van der Waals surface area contributed by atoms with Crippen molar-refractivity contribution in [1.82, 2.24) is 0 Å². The van der Waals surface area contributed by atoms with Crippen LogP contribution in [0.5, 0.6) is 0 Å². The monoisotopic (exact) mass is 358 g/mol. The molecule has 0 saturated carbocycles. The van der Waals surface area contributed by atoms with Crippen LogP contribution in [0.1, 0.15) is 90.9 Å². The predicted molar refractivity (Wildman–Crippen MR) is 104 cm³/mol. The van der Waals surface area contributed by atoms with Crippen molar-refractivity contribution in [2.75, 3.05) is 27.4 Å². The van der Waals surface area contributed by atoms with Gasteiger partial charge in [0.15, 0.2) is 0 Å². The Balaban J connectivity index is 3.31. The van der Waals surface area contributed by atoms with Gasteiger partial charge in [0.05, 0.1) is 6.61 Å². The number of esters is 1. The van der Waals surface area contributed by atoms with Crippen LogP contribution in [0.2, 0.25) is 0 Å². The molecule has 0 aliphatic rings. The summed E-state index contributed by atoms with van der Waals surface area (Å²) < 4.78 is 15.4. The average molecular weight is 359 g/mol. The van der Waals surface area contributed by atoms with Crippen LogP contribution < -0.4 is 0 Å². The third-order valence-electron chi connectivity index (χ3n) is 4.89. The summed E-state index contributed by atoms with van der Waals surface area (Å²) in [7, 11) is 3.21. The minimum absolute atomic E-state index is 0.125. The van der Waals surface area contributed by atoms with Crippen LogP contribution >= 0.6 is 0 Å². The van der Waals surface area contributed by atoms with E-state index in [9.17, 15) is 4.79 Å². The molecule has 0 saturated heterocycles. The molecule has 0 aliphatic carbocycles. The van der Waals surface area contributed by atoms with Crippen molar-refractivity contribution in [1.29, 1.82) is 0 Å². The van der Waals surface area contributed by atoms with Crippen molar-refractivity contribution in [3.8, 4) is 0 Å². The Morgan fingerprint density at radius 2 is 1.40 bits per heavy atom. The van der Waals surface area contributed by atoms with Crippen molar-refractivity contribution in [2.24, 2.45) is 5.92 Å². The molecule has 0 N–H and O–H groups in total. The first-order valence-electron chi connectivity index (χ1n) is 10.3. The van der Waals surface area contributed by atoms with Gasteiger partial charge in [-0.25, -0.2) is 0 Å². The standard InChI is InChI=1S/C21H42O4/c1-5-19(2)15-13-11-9-7-6-8-10-12-14-16-21(22)25-18-20(24-4)17-23-3/h19-20H,5-18H2,1-4H3. The van der Waals surface area contributed by atoms with Crippen molar-refractivity contribution in [3.05, 3.63) is 0 Å². The molecule has 25 heavy (non-hydrogen) atoms. The first kappa shape index (κ1) is 24.4. The van der Waals surface area contributed by atoms with Gasteiger partial charge in [0.25, 0.3) is 0 Å². The van der Waals surface area contributed by atoms with Crippen LogP contribution in [0.15, 0.2) is 0 Å². The molecule has 0 amide bonds. The van der Waals surface area contributed by atoms with Gasteiger partial charge >= 0.3 is 5.97 Å². The van der Waals surface area contributed by atoms with Crippen LogP contribution in [0, 0.1) is 5.92 Å². The van der Waals surface area contributed by atoms with E-state index in [4.69, 9.17) is 14.2 Å². The van der Waals surface area contributed by atoms with Crippen LogP contribution in [0.3, 0.4) is 0 Å². The number of rotatable bonds is 18. The molecule has 4 heteroatoms. The maximum Gasteiger partial charge on any atom is 0.305 e. The molecule has 0 aliphatic heterocycles. The Labute approximate surface area is 156 Å². The van der Waals surface area contributed by atoms with E-state index >= 15 is 0 Å². The largest absolute Gasteiger partial charge is 0.463 e. The quantitative estimate of drug-likeness (QED) is 0.239. The molecule has 0 bridgehead atoms. The molecule has 0 aromatic rings. The van der Waals surface area contributed by atoms with Gasteiger partial charge in [-0.3, -0.25) is 4.79 Å². The molecule has 0 heterocycles. The molecule has 0 radical (unpaired) electrons. The number of hydrogen-bond acceptors (Lipinski definition) is 4. The summed E-state index contributed by atoms with van der Waals surface area (Å²) >= 11 is 0. The minimum Gasteiger partial charge on any atom is -0.463 e. The molecule has 0 aromatic heterocycles. The van der Waals surface area contributed by atoms with Gasteiger partial charge < -0.3 is 14.2 Å². The zero-order chi connectivity index (χ0) is 18.8. The molecule has 0 spiro atoms. The van der Waals surface area contributed by atoms with Gasteiger partial charge in [-0.1, -0.05) is 78.1 Å². The van der Waals surface area contributed by atoms with E-state index in [1.165, 1.54) is 57.8 Å². The highest BCUT2D eigenvalue weighted by atomic mass is 16.6. The molecule has 150 valence electrons. The van der Waals surface area contributed by atoms with Gasteiger partial charge in [0.1, 0.15) is 12.7 Å². The predicted octanol–water partition coefficient (Wildman–Crippen LogP) is 5.53. The van der Waals surface area contributed by atoms with Gasteiger partial charge in [-0.05, 0) is 12.3 Å². The third-order valence-corrected chi connectivity index (χ3v) is 4.89. The van der Waals surface area contributed by atoms with Crippen LogP contribution in [0.25, 0.3) is 0 Å². The molecule has 2 atom stereocenters. The summed E-state index contributed by atoms with van der Waals surface area (Å²) in [6, 6.07) is 0. The second-order valence-corrected chi connectivity index (χ2v) is 7.23. The normalized spacial score (nSPS) is 13.6. The summed E-state index contributed by atoms with van der Waals surface area (Å²) in [6.45, 7) is 5.36. The molecule has 0 aromatic carbocycles. The van der Waals surface area contributed by atoms with Gasteiger partial charge in [-0.2, -0.15) is 0 Å². The van der Waals surface area contributed by atoms with Crippen molar-refractivity contribution < 1.29 is 19.0 Å². The Morgan fingerprint density at radius 3 is 1.92 bits per heavy atom. The average Bonchev–Trinajstić information content (AvgIpc) is 2.62. The van der Waals surface area contributed by atoms with Gasteiger partial charge in [-0.15, -0.1) is 0 Å². The Bertz CT molecular complexity index is 294. The number of ether oxygens (including phenoxy) is 3. The molecule has 0 fully saturated rings. The van der Waals surface area contributed by atoms with Crippen LogP contribution in [0.4, 0.5) is 0 Å². The molecule has 2 unspecified atom stereocenters. The molecule has 4 nitrogen and oxygen atoms in total. The summed E-state index contributed by atoms with van der Waals surface area (Å²) in [5.41, 5.74) is 0. The smallest absolute Gasteiger partial charge is 0.305 e. The van der Waals surface area contributed by atoms with Crippen molar-refractivity contribution in [2.45, 2.75) is 97.0 Å². The first-order valence-corrected chi connectivity index (χ1v) is 10.3. The highest BCUT2D eigenvalue weighted by Crippen LogP contribution is 2.15. The minimum atomic E-state index is -0.167. The lowest BCUT2D eigenvalue weighted by molar-refractivity contribution is -0.148. The summed E-state index contributed by atoms with van der Waals surface area (Å²) in [4.78, 5) is 11.7. The van der Waals surface area contributed by atoms with E-state index in [0.29, 0.717) is 13.0 Å². The van der Waals surface area contributed by atoms with E-state index in [-0.39, 0.29) is 18.7 Å². The second-order valence-electron chi connectivity index (χ2n) is 7.23. The highest BCUT2D eigenvalue weighted by Gasteiger charge is 2.10. The van der Waals surface area contributed by atoms with Gasteiger partial charge in [0.2, 0.25) is 0 Å². The Hall–Kier alpha value is -0.610. The SMILES string of the molecule is CCC(C)CCCCCCCCCCCC(=O)OCC(COC)OC. The number of carbonyl (C=O) groups excluding carboxylic acids is 1. The Kier molecular flexibility index (Phi) is 17.7. The maximum absolute atomic E-state index is 11.7. The third kappa shape index (κ3) is 16.6. The van der Waals surface area contributed by atoms with E-state index in [2.05, 4.69) is 13.8 Å². The zero-order valence-electron chi connectivity index (χ0n) is 17.2. The van der Waals surface area contributed by atoms with Crippen molar-refractivity contribution in [3.63, 3.8) is 0 Å². The number of carbonyl (C=O) groups is 1. The fourth-order valence-electron chi connectivity index (χ4n) is 2.83. The maximum atomic E-state index is 11.7. The fourth-order valence-corrected chi connectivity index (χ4v) is 2.83. The van der Waals surface area contributed by atoms with E-state index < -0.39 is 0 Å². The highest BCUT2D eigenvalue weighted by molar-refractivity contribution is 5.69. The first-order chi connectivity index (χ1) is 12.1. The fraction of sp³-hybridized carbons (Fsp3) is 0.952. The lowest BCUT2D eigenvalue weighted by atomic mass is 9.99. The zero-order valence-corrected chi connectivity index (χ0v) is 17.2. The van der Waals surface area contributed by atoms with E-state index in [1.807, 2.05) is 0 Å². The summed E-state index contributed by atoms with van der Waals surface area (Å²) in [6.07, 6.45) is 14.5. The Morgan fingerprint density at radius 1 is 0.840 bits per heavy atom.